The molecule has 2 aromatic rings. The molecular formula is C12H15N3O. The summed E-state index contributed by atoms with van der Waals surface area (Å²) in [5.41, 5.74) is 1.94. The highest BCUT2D eigenvalue weighted by atomic mass is 16.5. The lowest BCUT2D eigenvalue weighted by Gasteiger charge is -2.03. The smallest absolute Gasteiger partial charge is 0.260 e. The van der Waals surface area contributed by atoms with Crippen LogP contribution in [-0.2, 0) is 6.42 Å². The van der Waals surface area contributed by atoms with Crippen LogP contribution in [0.2, 0.25) is 0 Å². The molecule has 0 amide bonds. The molecule has 0 unspecified atom stereocenters. The predicted octanol–water partition coefficient (Wildman–Crippen LogP) is 2.73. The van der Waals surface area contributed by atoms with Crippen molar-refractivity contribution in [2.75, 3.05) is 12.4 Å². The van der Waals surface area contributed by atoms with Gasteiger partial charge in [-0.2, -0.15) is 4.98 Å². The van der Waals surface area contributed by atoms with Gasteiger partial charge in [-0.1, -0.05) is 24.2 Å². The van der Waals surface area contributed by atoms with E-state index in [1.165, 1.54) is 0 Å². The van der Waals surface area contributed by atoms with Crippen LogP contribution in [0.5, 0.6) is 0 Å². The van der Waals surface area contributed by atoms with E-state index < -0.39 is 0 Å². The van der Waals surface area contributed by atoms with E-state index in [0.29, 0.717) is 5.89 Å². The molecule has 4 nitrogen and oxygen atoms in total. The van der Waals surface area contributed by atoms with Crippen molar-refractivity contribution in [2.24, 2.45) is 0 Å². The van der Waals surface area contributed by atoms with Crippen molar-refractivity contribution in [3.8, 4) is 11.5 Å². The fourth-order valence-electron chi connectivity index (χ4n) is 1.58. The first-order chi connectivity index (χ1) is 7.85. The van der Waals surface area contributed by atoms with Crippen molar-refractivity contribution < 1.29 is 4.52 Å². The molecule has 0 saturated carbocycles. The van der Waals surface area contributed by atoms with Gasteiger partial charge in [0, 0.05) is 19.2 Å². The quantitative estimate of drug-likeness (QED) is 0.855. The molecule has 1 N–H and O–H groups in total. The standard InChI is InChI=1S/C12H15N3O/c1-3-6-11-14-12(16-15-11)9-7-4-5-8-10(9)13-2/h4-5,7-8,13H,3,6H2,1-2H3. The molecule has 4 heteroatoms. The lowest BCUT2D eigenvalue weighted by Crippen LogP contribution is -1.91. The van der Waals surface area contributed by atoms with Crippen LogP contribution in [0.1, 0.15) is 19.2 Å². The molecule has 84 valence electrons. The van der Waals surface area contributed by atoms with Gasteiger partial charge in [0.1, 0.15) is 0 Å². The maximum absolute atomic E-state index is 5.24. The van der Waals surface area contributed by atoms with E-state index >= 15 is 0 Å². The monoisotopic (exact) mass is 217 g/mol. The number of nitrogens with zero attached hydrogens (tertiary/aromatic N) is 2. The average Bonchev–Trinajstić information content (AvgIpc) is 2.78. The molecule has 0 radical (unpaired) electrons. The number of hydrogen-bond donors (Lipinski definition) is 1. The minimum Gasteiger partial charge on any atom is -0.387 e. The summed E-state index contributed by atoms with van der Waals surface area (Å²) in [4.78, 5) is 4.36. The van der Waals surface area contributed by atoms with Crippen LogP contribution in [0.3, 0.4) is 0 Å². The van der Waals surface area contributed by atoms with Crippen molar-refractivity contribution >= 4 is 5.69 Å². The number of rotatable bonds is 4. The molecule has 0 aliphatic carbocycles. The summed E-state index contributed by atoms with van der Waals surface area (Å²) in [5.74, 6) is 1.34. The fraction of sp³-hybridized carbons (Fsp3) is 0.333. The Kier molecular flexibility index (Phi) is 3.19. The van der Waals surface area contributed by atoms with Crippen LogP contribution < -0.4 is 5.32 Å². The second-order valence-electron chi connectivity index (χ2n) is 3.56. The van der Waals surface area contributed by atoms with E-state index in [-0.39, 0.29) is 0 Å². The lowest BCUT2D eigenvalue weighted by atomic mass is 10.2. The second-order valence-corrected chi connectivity index (χ2v) is 3.56. The van der Waals surface area contributed by atoms with Gasteiger partial charge in [-0.15, -0.1) is 0 Å². The summed E-state index contributed by atoms with van der Waals surface area (Å²) >= 11 is 0. The number of anilines is 1. The molecule has 1 heterocycles. The first-order valence-electron chi connectivity index (χ1n) is 5.45. The highest BCUT2D eigenvalue weighted by molar-refractivity contribution is 5.71. The van der Waals surface area contributed by atoms with Gasteiger partial charge in [0.05, 0.1) is 5.56 Å². The minimum atomic E-state index is 0.577. The number of hydrogen-bond acceptors (Lipinski definition) is 4. The van der Waals surface area contributed by atoms with E-state index in [4.69, 9.17) is 4.52 Å². The highest BCUT2D eigenvalue weighted by Gasteiger charge is 2.11. The van der Waals surface area contributed by atoms with Crippen LogP contribution in [-0.4, -0.2) is 17.2 Å². The average molecular weight is 217 g/mol. The van der Waals surface area contributed by atoms with Gasteiger partial charge in [-0.25, -0.2) is 0 Å². The van der Waals surface area contributed by atoms with Crippen molar-refractivity contribution in [1.29, 1.82) is 0 Å². The Bertz CT molecular complexity index is 465. The van der Waals surface area contributed by atoms with Gasteiger partial charge in [-0.3, -0.25) is 0 Å². The molecule has 0 fully saturated rings. The molecule has 2 rings (SSSR count). The molecule has 0 spiro atoms. The second kappa shape index (κ2) is 4.79. The summed E-state index contributed by atoms with van der Waals surface area (Å²) < 4.78 is 5.24. The molecule has 16 heavy (non-hydrogen) atoms. The number of nitrogens with one attached hydrogen (secondary N) is 1. The van der Waals surface area contributed by atoms with Crippen LogP contribution in [0.15, 0.2) is 28.8 Å². The first kappa shape index (κ1) is 10.7. The molecule has 0 saturated heterocycles. The van der Waals surface area contributed by atoms with E-state index in [1.54, 1.807) is 0 Å². The zero-order valence-corrected chi connectivity index (χ0v) is 9.53. The number of aryl methyl sites for hydroxylation is 1. The van der Waals surface area contributed by atoms with Crippen molar-refractivity contribution in [2.45, 2.75) is 19.8 Å². The lowest BCUT2D eigenvalue weighted by molar-refractivity contribution is 0.422. The Balaban J connectivity index is 2.34. The molecule has 0 bridgehead atoms. The maximum Gasteiger partial charge on any atom is 0.260 e. The largest absolute Gasteiger partial charge is 0.387 e. The highest BCUT2D eigenvalue weighted by Crippen LogP contribution is 2.25. The van der Waals surface area contributed by atoms with Gasteiger partial charge < -0.3 is 9.84 Å². The Morgan fingerprint density at radius 1 is 1.31 bits per heavy atom. The maximum atomic E-state index is 5.24. The number of para-hydroxylation sites is 1. The van der Waals surface area contributed by atoms with Crippen LogP contribution in [0.4, 0.5) is 5.69 Å². The first-order valence-corrected chi connectivity index (χ1v) is 5.45. The van der Waals surface area contributed by atoms with Crippen LogP contribution in [0.25, 0.3) is 11.5 Å². The zero-order chi connectivity index (χ0) is 11.4. The number of aromatic nitrogens is 2. The van der Waals surface area contributed by atoms with Crippen molar-refractivity contribution in [1.82, 2.24) is 10.1 Å². The SMILES string of the molecule is CCCc1noc(-c2ccccc2NC)n1. The van der Waals surface area contributed by atoms with Crippen LogP contribution >= 0.6 is 0 Å². The van der Waals surface area contributed by atoms with E-state index in [1.807, 2.05) is 31.3 Å². The Morgan fingerprint density at radius 2 is 2.12 bits per heavy atom. The summed E-state index contributed by atoms with van der Waals surface area (Å²) in [7, 11) is 1.88. The van der Waals surface area contributed by atoms with Gasteiger partial charge in [0.25, 0.3) is 5.89 Å². The zero-order valence-electron chi connectivity index (χ0n) is 9.53. The van der Waals surface area contributed by atoms with Gasteiger partial charge in [0.2, 0.25) is 0 Å². The molecule has 0 atom stereocenters. The van der Waals surface area contributed by atoms with Gasteiger partial charge in [0.15, 0.2) is 5.82 Å². The van der Waals surface area contributed by atoms with E-state index in [0.717, 1.165) is 29.9 Å². The third-order valence-electron chi connectivity index (χ3n) is 2.37. The predicted molar refractivity (Wildman–Crippen MR) is 63.3 cm³/mol. The Labute approximate surface area is 94.7 Å². The molecule has 1 aromatic heterocycles. The summed E-state index contributed by atoms with van der Waals surface area (Å²) in [6, 6.07) is 7.88. The van der Waals surface area contributed by atoms with Gasteiger partial charge >= 0.3 is 0 Å². The summed E-state index contributed by atoms with van der Waals surface area (Å²) in [6.45, 7) is 2.09. The summed E-state index contributed by atoms with van der Waals surface area (Å²) in [6.07, 6.45) is 1.87. The Morgan fingerprint density at radius 3 is 2.88 bits per heavy atom. The fourth-order valence-corrected chi connectivity index (χ4v) is 1.58. The third-order valence-corrected chi connectivity index (χ3v) is 2.37. The Hall–Kier alpha value is -1.84. The van der Waals surface area contributed by atoms with Crippen LogP contribution in [0, 0.1) is 0 Å². The molecule has 0 aliphatic rings. The number of benzene rings is 1. The molecular weight excluding hydrogens is 202 g/mol. The van der Waals surface area contributed by atoms with Crippen molar-refractivity contribution in [3.63, 3.8) is 0 Å². The van der Waals surface area contributed by atoms with E-state index in [2.05, 4.69) is 22.4 Å². The third kappa shape index (κ3) is 2.05. The summed E-state index contributed by atoms with van der Waals surface area (Å²) in [5, 5.41) is 7.05. The van der Waals surface area contributed by atoms with Crippen molar-refractivity contribution in [3.05, 3.63) is 30.1 Å². The normalized spacial score (nSPS) is 10.4. The minimum absolute atomic E-state index is 0.577. The topological polar surface area (TPSA) is 51.0 Å². The van der Waals surface area contributed by atoms with Gasteiger partial charge in [-0.05, 0) is 18.6 Å². The molecule has 0 aliphatic heterocycles. The molecule has 1 aromatic carbocycles. The van der Waals surface area contributed by atoms with E-state index in [9.17, 15) is 0 Å².